The Morgan fingerprint density at radius 3 is 2.89 bits per heavy atom. The van der Waals surface area contributed by atoms with E-state index in [-0.39, 0.29) is 6.10 Å². The minimum Gasteiger partial charge on any atom is -0.460 e. The van der Waals surface area contributed by atoms with Gasteiger partial charge in [-0.25, -0.2) is 4.98 Å². The minimum absolute atomic E-state index is 0.188. The Morgan fingerprint density at radius 2 is 2.17 bits per heavy atom. The SMILES string of the molecule is CCNCc1cc(C)nc(OC2CCOCC2)n1. The van der Waals surface area contributed by atoms with E-state index in [0.717, 1.165) is 50.5 Å². The summed E-state index contributed by atoms with van der Waals surface area (Å²) in [7, 11) is 0. The van der Waals surface area contributed by atoms with Crippen molar-refractivity contribution < 1.29 is 9.47 Å². The molecule has 5 nitrogen and oxygen atoms in total. The van der Waals surface area contributed by atoms with Crippen LogP contribution >= 0.6 is 0 Å². The van der Waals surface area contributed by atoms with Gasteiger partial charge in [-0.05, 0) is 19.5 Å². The fourth-order valence-electron chi connectivity index (χ4n) is 1.94. The molecule has 1 aromatic heterocycles. The molecule has 0 spiro atoms. The van der Waals surface area contributed by atoms with Crippen molar-refractivity contribution in [3.05, 3.63) is 17.5 Å². The van der Waals surface area contributed by atoms with E-state index in [4.69, 9.17) is 9.47 Å². The van der Waals surface area contributed by atoms with E-state index in [9.17, 15) is 0 Å². The van der Waals surface area contributed by atoms with Gasteiger partial charge in [0.15, 0.2) is 0 Å². The summed E-state index contributed by atoms with van der Waals surface area (Å²) < 4.78 is 11.1. The molecule has 1 aliphatic heterocycles. The Kier molecular flexibility index (Phi) is 4.90. The second-order valence-electron chi connectivity index (χ2n) is 4.49. The van der Waals surface area contributed by atoms with Crippen molar-refractivity contribution in [3.63, 3.8) is 0 Å². The van der Waals surface area contributed by atoms with Crippen molar-refractivity contribution in [1.82, 2.24) is 15.3 Å². The lowest BCUT2D eigenvalue weighted by Gasteiger charge is -2.22. The second-order valence-corrected chi connectivity index (χ2v) is 4.49. The molecule has 0 unspecified atom stereocenters. The number of nitrogens with zero attached hydrogens (tertiary/aromatic N) is 2. The lowest BCUT2D eigenvalue weighted by atomic mass is 10.2. The number of ether oxygens (including phenoxy) is 2. The third kappa shape index (κ3) is 3.92. The van der Waals surface area contributed by atoms with E-state index in [2.05, 4.69) is 22.2 Å². The average Bonchev–Trinajstić information content (AvgIpc) is 2.37. The van der Waals surface area contributed by atoms with Crippen LogP contribution in [-0.4, -0.2) is 35.8 Å². The Hall–Kier alpha value is -1.20. The summed E-state index contributed by atoms with van der Waals surface area (Å²) in [6, 6.07) is 2.48. The van der Waals surface area contributed by atoms with Crippen LogP contribution in [0.2, 0.25) is 0 Å². The maximum atomic E-state index is 5.83. The molecule has 0 aromatic carbocycles. The van der Waals surface area contributed by atoms with Crippen LogP contribution < -0.4 is 10.1 Å². The van der Waals surface area contributed by atoms with Gasteiger partial charge in [0.1, 0.15) is 6.10 Å². The highest BCUT2D eigenvalue weighted by Gasteiger charge is 2.16. The van der Waals surface area contributed by atoms with E-state index in [0.29, 0.717) is 6.01 Å². The number of rotatable bonds is 5. The van der Waals surface area contributed by atoms with Gasteiger partial charge in [0.25, 0.3) is 0 Å². The van der Waals surface area contributed by atoms with Crippen molar-refractivity contribution >= 4 is 0 Å². The van der Waals surface area contributed by atoms with Crippen LogP contribution in [0.3, 0.4) is 0 Å². The molecule has 0 radical (unpaired) electrons. The summed E-state index contributed by atoms with van der Waals surface area (Å²) in [5.74, 6) is 0. The lowest BCUT2D eigenvalue weighted by Crippen LogP contribution is -2.27. The Morgan fingerprint density at radius 1 is 1.39 bits per heavy atom. The monoisotopic (exact) mass is 251 g/mol. The van der Waals surface area contributed by atoms with Crippen LogP contribution in [-0.2, 0) is 11.3 Å². The zero-order chi connectivity index (χ0) is 12.8. The van der Waals surface area contributed by atoms with Gasteiger partial charge in [-0.1, -0.05) is 6.92 Å². The van der Waals surface area contributed by atoms with E-state index in [1.807, 2.05) is 13.0 Å². The van der Waals surface area contributed by atoms with Crippen LogP contribution in [0.25, 0.3) is 0 Å². The molecule has 0 saturated carbocycles. The minimum atomic E-state index is 0.188. The van der Waals surface area contributed by atoms with Crippen molar-refractivity contribution in [2.24, 2.45) is 0 Å². The van der Waals surface area contributed by atoms with Gasteiger partial charge in [-0.2, -0.15) is 4.98 Å². The van der Waals surface area contributed by atoms with Crippen LogP contribution in [0.5, 0.6) is 6.01 Å². The highest BCUT2D eigenvalue weighted by atomic mass is 16.5. The van der Waals surface area contributed by atoms with Crippen molar-refractivity contribution in [1.29, 1.82) is 0 Å². The van der Waals surface area contributed by atoms with Gasteiger partial charge in [-0.15, -0.1) is 0 Å². The van der Waals surface area contributed by atoms with Gasteiger partial charge in [0.05, 0.1) is 18.9 Å². The van der Waals surface area contributed by atoms with E-state index < -0.39 is 0 Å². The topological polar surface area (TPSA) is 56.3 Å². The third-order valence-corrected chi connectivity index (χ3v) is 2.88. The summed E-state index contributed by atoms with van der Waals surface area (Å²) in [6.45, 7) is 7.26. The van der Waals surface area contributed by atoms with Gasteiger partial charge in [0.2, 0.25) is 0 Å². The van der Waals surface area contributed by atoms with Gasteiger partial charge < -0.3 is 14.8 Å². The number of hydrogen-bond acceptors (Lipinski definition) is 5. The predicted molar refractivity (Wildman–Crippen MR) is 68.6 cm³/mol. The molecule has 1 aliphatic rings. The van der Waals surface area contributed by atoms with Crippen molar-refractivity contribution in [2.45, 2.75) is 39.3 Å². The largest absolute Gasteiger partial charge is 0.460 e. The van der Waals surface area contributed by atoms with Crippen LogP contribution in [0.1, 0.15) is 31.2 Å². The molecule has 2 rings (SSSR count). The molecular weight excluding hydrogens is 230 g/mol. The quantitative estimate of drug-likeness (QED) is 0.858. The maximum absolute atomic E-state index is 5.83. The number of hydrogen-bond donors (Lipinski definition) is 1. The van der Waals surface area contributed by atoms with Crippen LogP contribution in [0, 0.1) is 6.92 Å². The molecule has 1 saturated heterocycles. The summed E-state index contributed by atoms with van der Waals surface area (Å²) in [5.41, 5.74) is 1.92. The molecule has 100 valence electrons. The first-order chi connectivity index (χ1) is 8.78. The van der Waals surface area contributed by atoms with Crippen molar-refractivity contribution in [2.75, 3.05) is 19.8 Å². The van der Waals surface area contributed by atoms with Gasteiger partial charge >= 0.3 is 6.01 Å². The predicted octanol–water partition coefficient (Wildman–Crippen LogP) is 1.45. The molecule has 0 bridgehead atoms. The number of aromatic nitrogens is 2. The molecule has 1 aromatic rings. The molecule has 18 heavy (non-hydrogen) atoms. The number of aryl methyl sites for hydroxylation is 1. The molecule has 5 heteroatoms. The highest BCUT2D eigenvalue weighted by molar-refractivity contribution is 5.12. The lowest BCUT2D eigenvalue weighted by molar-refractivity contribution is 0.0215. The van der Waals surface area contributed by atoms with Gasteiger partial charge in [-0.3, -0.25) is 0 Å². The molecule has 0 atom stereocenters. The van der Waals surface area contributed by atoms with Gasteiger partial charge in [0, 0.05) is 25.1 Å². The van der Waals surface area contributed by atoms with Crippen LogP contribution in [0.15, 0.2) is 6.07 Å². The Labute approximate surface area is 108 Å². The third-order valence-electron chi connectivity index (χ3n) is 2.88. The summed E-state index contributed by atoms with van der Waals surface area (Å²) in [5, 5.41) is 3.26. The van der Waals surface area contributed by atoms with Crippen molar-refractivity contribution in [3.8, 4) is 6.01 Å². The second kappa shape index (κ2) is 6.66. The molecule has 2 heterocycles. The Balaban J connectivity index is 1.99. The molecule has 1 N–H and O–H groups in total. The van der Waals surface area contributed by atoms with Crippen LogP contribution in [0.4, 0.5) is 0 Å². The summed E-state index contributed by atoms with van der Waals surface area (Å²) in [4.78, 5) is 8.76. The van der Waals surface area contributed by atoms with E-state index >= 15 is 0 Å². The standard InChI is InChI=1S/C13H21N3O2/c1-3-14-9-11-8-10(2)15-13(16-11)18-12-4-6-17-7-5-12/h8,12,14H,3-7,9H2,1-2H3. The highest BCUT2D eigenvalue weighted by Crippen LogP contribution is 2.15. The fourth-order valence-corrected chi connectivity index (χ4v) is 1.94. The van der Waals surface area contributed by atoms with E-state index in [1.165, 1.54) is 0 Å². The fraction of sp³-hybridized carbons (Fsp3) is 0.692. The first-order valence-corrected chi connectivity index (χ1v) is 6.57. The molecular formula is C13H21N3O2. The smallest absolute Gasteiger partial charge is 0.317 e. The molecule has 0 amide bonds. The number of nitrogens with one attached hydrogen (secondary N) is 1. The molecule has 0 aliphatic carbocycles. The zero-order valence-electron chi connectivity index (χ0n) is 11.1. The first kappa shape index (κ1) is 13.2. The summed E-state index contributed by atoms with van der Waals surface area (Å²) in [6.07, 6.45) is 2.02. The average molecular weight is 251 g/mol. The summed E-state index contributed by atoms with van der Waals surface area (Å²) >= 11 is 0. The maximum Gasteiger partial charge on any atom is 0.317 e. The Bertz CT molecular complexity index is 378. The molecule has 1 fully saturated rings. The zero-order valence-corrected chi connectivity index (χ0v) is 11.1. The van der Waals surface area contributed by atoms with E-state index in [1.54, 1.807) is 0 Å². The normalized spacial score (nSPS) is 16.8. The first-order valence-electron chi connectivity index (χ1n) is 6.57.